The van der Waals surface area contributed by atoms with Crippen LogP contribution in [0.15, 0.2) is 24.3 Å². The minimum absolute atomic E-state index is 0.107. The Labute approximate surface area is 113 Å². The molecule has 0 radical (unpaired) electrons. The standard InChI is InChI=1S/C12H10ClFN2OS/c1-7-11(8-2-4-9(14)5-3-8)16-12(18-7)15-10(17)6-13/h2-5H,6H2,1H3,(H,15,16,17). The minimum Gasteiger partial charge on any atom is -0.301 e. The zero-order valence-electron chi connectivity index (χ0n) is 9.54. The smallest absolute Gasteiger partial charge is 0.241 e. The Bertz CT molecular complexity index is 568. The van der Waals surface area contributed by atoms with Crippen LogP contribution in [0.5, 0.6) is 0 Å². The number of nitrogens with one attached hydrogen (secondary N) is 1. The summed E-state index contributed by atoms with van der Waals surface area (Å²) in [5.74, 6) is -0.691. The third kappa shape index (κ3) is 2.86. The van der Waals surface area contributed by atoms with E-state index in [4.69, 9.17) is 11.6 Å². The van der Waals surface area contributed by atoms with Gasteiger partial charge < -0.3 is 5.32 Å². The van der Waals surface area contributed by atoms with E-state index in [1.54, 1.807) is 12.1 Å². The SMILES string of the molecule is Cc1sc(NC(=O)CCl)nc1-c1ccc(F)cc1. The molecule has 1 N–H and O–H groups in total. The average Bonchev–Trinajstić information content (AvgIpc) is 2.71. The van der Waals surface area contributed by atoms with Crippen molar-refractivity contribution in [3.05, 3.63) is 35.0 Å². The highest BCUT2D eigenvalue weighted by atomic mass is 35.5. The summed E-state index contributed by atoms with van der Waals surface area (Å²) in [4.78, 5) is 16.4. The second kappa shape index (κ2) is 5.46. The number of alkyl halides is 1. The molecule has 0 aliphatic rings. The minimum atomic E-state index is -0.295. The van der Waals surface area contributed by atoms with Crippen LogP contribution in [-0.4, -0.2) is 16.8 Å². The number of hydrogen-bond acceptors (Lipinski definition) is 3. The van der Waals surface area contributed by atoms with Crippen LogP contribution in [0.25, 0.3) is 11.3 Å². The molecular formula is C12H10ClFN2OS. The number of aromatic nitrogens is 1. The molecule has 0 atom stereocenters. The van der Waals surface area contributed by atoms with Gasteiger partial charge in [0.2, 0.25) is 5.91 Å². The Balaban J connectivity index is 2.29. The summed E-state index contributed by atoms with van der Waals surface area (Å²) in [6, 6.07) is 6.07. The lowest BCUT2D eigenvalue weighted by Crippen LogP contribution is -2.12. The van der Waals surface area contributed by atoms with Gasteiger partial charge in [-0.3, -0.25) is 4.79 Å². The van der Waals surface area contributed by atoms with Crippen molar-refractivity contribution < 1.29 is 9.18 Å². The number of carbonyl (C=O) groups is 1. The maximum Gasteiger partial charge on any atom is 0.241 e. The van der Waals surface area contributed by atoms with Crippen LogP contribution in [0.4, 0.5) is 9.52 Å². The van der Waals surface area contributed by atoms with Crippen molar-refractivity contribution in [3.8, 4) is 11.3 Å². The second-order valence-electron chi connectivity index (χ2n) is 3.61. The Morgan fingerprint density at radius 3 is 2.72 bits per heavy atom. The number of aryl methyl sites for hydroxylation is 1. The number of nitrogens with zero attached hydrogens (tertiary/aromatic N) is 1. The van der Waals surface area contributed by atoms with E-state index in [0.717, 1.165) is 16.1 Å². The topological polar surface area (TPSA) is 42.0 Å². The number of thiazole rings is 1. The summed E-state index contributed by atoms with van der Waals surface area (Å²) < 4.78 is 12.8. The van der Waals surface area contributed by atoms with E-state index in [9.17, 15) is 9.18 Å². The van der Waals surface area contributed by atoms with Gasteiger partial charge in [-0.1, -0.05) is 0 Å². The maximum atomic E-state index is 12.8. The molecule has 0 aliphatic carbocycles. The van der Waals surface area contributed by atoms with E-state index in [2.05, 4.69) is 10.3 Å². The lowest BCUT2D eigenvalue weighted by molar-refractivity contribution is -0.113. The first-order valence-electron chi connectivity index (χ1n) is 5.19. The van der Waals surface area contributed by atoms with E-state index in [0.29, 0.717) is 5.13 Å². The molecule has 1 amide bonds. The summed E-state index contributed by atoms with van der Waals surface area (Å²) in [6.07, 6.45) is 0. The fraction of sp³-hybridized carbons (Fsp3) is 0.167. The third-order valence-corrected chi connectivity index (χ3v) is 3.41. The van der Waals surface area contributed by atoms with Gasteiger partial charge in [-0.2, -0.15) is 0 Å². The molecule has 18 heavy (non-hydrogen) atoms. The maximum absolute atomic E-state index is 12.8. The van der Waals surface area contributed by atoms with Gasteiger partial charge in [-0.15, -0.1) is 22.9 Å². The first-order valence-corrected chi connectivity index (χ1v) is 6.54. The van der Waals surface area contributed by atoms with E-state index < -0.39 is 0 Å². The average molecular weight is 285 g/mol. The first-order chi connectivity index (χ1) is 8.60. The van der Waals surface area contributed by atoms with Gasteiger partial charge >= 0.3 is 0 Å². The molecule has 0 saturated carbocycles. The van der Waals surface area contributed by atoms with Crippen LogP contribution in [0.3, 0.4) is 0 Å². The molecule has 94 valence electrons. The largest absolute Gasteiger partial charge is 0.301 e. The van der Waals surface area contributed by atoms with Gasteiger partial charge in [0.05, 0.1) is 5.69 Å². The van der Waals surface area contributed by atoms with Gasteiger partial charge in [0, 0.05) is 10.4 Å². The second-order valence-corrected chi connectivity index (χ2v) is 5.08. The van der Waals surface area contributed by atoms with Crippen molar-refractivity contribution >= 4 is 34.0 Å². The van der Waals surface area contributed by atoms with Crippen molar-refractivity contribution in [2.45, 2.75) is 6.92 Å². The highest BCUT2D eigenvalue weighted by Gasteiger charge is 2.11. The van der Waals surface area contributed by atoms with E-state index >= 15 is 0 Å². The Morgan fingerprint density at radius 2 is 2.11 bits per heavy atom. The van der Waals surface area contributed by atoms with Crippen molar-refractivity contribution in [2.24, 2.45) is 0 Å². The predicted molar refractivity (Wildman–Crippen MR) is 71.6 cm³/mol. The number of amides is 1. The molecule has 6 heteroatoms. The lowest BCUT2D eigenvalue weighted by Gasteiger charge is -1.98. The number of benzene rings is 1. The zero-order chi connectivity index (χ0) is 13.1. The number of carbonyl (C=O) groups excluding carboxylic acids is 1. The van der Waals surface area contributed by atoms with Crippen molar-refractivity contribution in [1.29, 1.82) is 0 Å². The predicted octanol–water partition coefficient (Wildman–Crippen LogP) is 3.43. The summed E-state index contributed by atoms with van der Waals surface area (Å²) in [6.45, 7) is 1.90. The Morgan fingerprint density at radius 1 is 1.44 bits per heavy atom. The van der Waals surface area contributed by atoms with Crippen LogP contribution >= 0.6 is 22.9 Å². The number of halogens is 2. The van der Waals surface area contributed by atoms with Gasteiger partial charge in [0.1, 0.15) is 11.7 Å². The molecule has 0 saturated heterocycles. The quantitative estimate of drug-likeness (QED) is 0.878. The summed E-state index contributed by atoms with van der Waals surface area (Å²) in [5, 5.41) is 3.09. The molecule has 0 fully saturated rings. The third-order valence-electron chi connectivity index (χ3n) is 2.28. The van der Waals surface area contributed by atoms with E-state index in [-0.39, 0.29) is 17.6 Å². The molecule has 1 heterocycles. The highest BCUT2D eigenvalue weighted by molar-refractivity contribution is 7.16. The fourth-order valence-electron chi connectivity index (χ4n) is 1.48. The number of hydrogen-bond donors (Lipinski definition) is 1. The van der Waals surface area contributed by atoms with Crippen LogP contribution in [0, 0.1) is 12.7 Å². The molecule has 0 unspecified atom stereocenters. The molecule has 1 aromatic heterocycles. The molecule has 0 spiro atoms. The number of rotatable bonds is 3. The molecule has 3 nitrogen and oxygen atoms in total. The van der Waals surface area contributed by atoms with Crippen LogP contribution in [-0.2, 0) is 4.79 Å². The van der Waals surface area contributed by atoms with Gasteiger partial charge in [-0.05, 0) is 31.2 Å². The normalized spacial score (nSPS) is 10.4. The van der Waals surface area contributed by atoms with Crippen molar-refractivity contribution in [3.63, 3.8) is 0 Å². The van der Waals surface area contributed by atoms with Gasteiger partial charge in [0.25, 0.3) is 0 Å². The van der Waals surface area contributed by atoms with Crippen LogP contribution in [0.1, 0.15) is 4.88 Å². The monoisotopic (exact) mass is 284 g/mol. The van der Waals surface area contributed by atoms with Crippen molar-refractivity contribution in [2.75, 3.05) is 11.2 Å². The van der Waals surface area contributed by atoms with Gasteiger partial charge in [0.15, 0.2) is 5.13 Å². The van der Waals surface area contributed by atoms with Crippen LogP contribution < -0.4 is 5.32 Å². The first kappa shape index (κ1) is 13.0. The van der Waals surface area contributed by atoms with E-state index in [1.165, 1.54) is 23.5 Å². The molecule has 0 aliphatic heterocycles. The van der Waals surface area contributed by atoms with Crippen LogP contribution in [0.2, 0.25) is 0 Å². The molecular weight excluding hydrogens is 275 g/mol. The highest BCUT2D eigenvalue weighted by Crippen LogP contribution is 2.30. The molecule has 1 aromatic carbocycles. The molecule has 2 aromatic rings. The van der Waals surface area contributed by atoms with E-state index in [1.807, 2.05) is 6.92 Å². The van der Waals surface area contributed by atoms with Crippen molar-refractivity contribution in [1.82, 2.24) is 4.98 Å². The summed E-state index contributed by atoms with van der Waals surface area (Å²) >= 11 is 6.77. The Hall–Kier alpha value is -1.46. The van der Waals surface area contributed by atoms with Gasteiger partial charge in [-0.25, -0.2) is 9.37 Å². The summed E-state index contributed by atoms with van der Waals surface area (Å²) in [7, 11) is 0. The molecule has 0 bridgehead atoms. The summed E-state index contributed by atoms with van der Waals surface area (Å²) in [5.41, 5.74) is 1.56. The fourth-order valence-corrected chi connectivity index (χ4v) is 2.40. The molecule has 2 rings (SSSR count). The number of anilines is 1. The lowest BCUT2D eigenvalue weighted by atomic mass is 10.1. The zero-order valence-corrected chi connectivity index (χ0v) is 11.1. The Kier molecular flexibility index (Phi) is 3.93.